The number of para-hydroxylation sites is 1. The molecule has 3 aromatic heterocycles. The average Bonchev–Trinajstić information content (AvgIpc) is 3.45. The van der Waals surface area contributed by atoms with E-state index in [1.165, 1.54) is 17.3 Å². The van der Waals surface area contributed by atoms with Gasteiger partial charge in [-0.15, -0.1) is 10.2 Å². The zero-order valence-electron chi connectivity index (χ0n) is 18.7. The Bertz CT molecular complexity index is 1480. The molecule has 0 unspecified atom stereocenters. The van der Waals surface area contributed by atoms with Gasteiger partial charge in [0.1, 0.15) is 0 Å². The fourth-order valence-electron chi connectivity index (χ4n) is 3.68. The molecule has 0 aliphatic rings. The predicted molar refractivity (Wildman–Crippen MR) is 128 cm³/mol. The Hall–Kier alpha value is -3.46. The summed E-state index contributed by atoms with van der Waals surface area (Å²) in [6, 6.07) is 15.6. The fourth-order valence-corrected chi connectivity index (χ4v) is 4.45. The molecule has 9 heteroatoms. The van der Waals surface area contributed by atoms with E-state index in [4.69, 9.17) is 4.52 Å². The van der Waals surface area contributed by atoms with E-state index in [9.17, 15) is 4.79 Å². The molecule has 8 nitrogen and oxygen atoms in total. The zero-order chi connectivity index (χ0) is 22.9. The molecule has 168 valence electrons. The van der Waals surface area contributed by atoms with Gasteiger partial charge in [-0.05, 0) is 31.4 Å². The Morgan fingerprint density at radius 1 is 1.06 bits per heavy atom. The van der Waals surface area contributed by atoms with Gasteiger partial charge in [0.2, 0.25) is 17.5 Å². The number of hydrogen-bond donors (Lipinski definition) is 0. The highest BCUT2D eigenvalue weighted by Crippen LogP contribution is 2.25. The lowest BCUT2D eigenvalue weighted by atomic mass is 10.1. The van der Waals surface area contributed by atoms with Crippen molar-refractivity contribution >= 4 is 28.4 Å². The van der Waals surface area contributed by atoms with Gasteiger partial charge in [0.15, 0.2) is 5.16 Å². The molecule has 0 fully saturated rings. The molecule has 0 N–H and O–H groups in total. The number of benzene rings is 2. The van der Waals surface area contributed by atoms with Gasteiger partial charge in [0.05, 0.1) is 16.7 Å². The van der Waals surface area contributed by atoms with Crippen LogP contribution in [-0.2, 0) is 12.3 Å². The standard InChI is InChI=1S/C24H24N6O2S/c1-15(2)12-13-29-22(31)18-6-4-5-7-19(18)30-23(29)26-27-24(30)33-14-20-25-21(28-32-20)17-10-8-16(3)9-11-17/h4-11,15H,12-14H2,1-3H3. The number of rotatable bonds is 7. The summed E-state index contributed by atoms with van der Waals surface area (Å²) >= 11 is 1.45. The lowest BCUT2D eigenvalue weighted by Gasteiger charge is -2.12. The Labute approximate surface area is 194 Å². The molecular formula is C24H24N6O2S. The minimum Gasteiger partial charge on any atom is -0.338 e. The highest BCUT2D eigenvalue weighted by Gasteiger charge is 2.18. The largest absolute Gasteiger partial charge is 0.338 e. The van der Waals surface area contributed by atoms with Gasteiger partial charge in [-0.25, -0.2) is 0 Å². The van der Waals surface area contributed by atoms with Gasteiger partial charge >= 0.3 is 0 Å². The molecular weight excluding hydrogens is 436 g/mol. The molecule has 0 saturated heterocycles. The lowest BCUT2D eigenvalue weighted by molar-refractivity contribution is 0.391. The van der Waals surface area contributed by atoms with Crippen molar-refractivity contribution in [3.63, 3.8) is 0 Å². The maximum atomic E-state index is 13.1. The van der Waals surface area contributed by atoms with Crippen LogP contribution < -0.4 is 5.56 Å². The predicted octanol–water partition coefficient (Wildman–Crippen LogP) is 4.74. The summed E-state index contributed by atoms with van der Waals surface area (Å²) < 4.78 is 9.13. The van der Waals surface area contributed by atoms with E-state index in [0.717, 1.165) is 17.5 Å². The van der Waals surface area contributed by atoms with E-state index in [-0.39, 0.29) is 5.56 Å². The molecule has 5 rings (SSSR count). The second kappa shape index (κ2) is 8.82. The SMILES string of the molecule is Cc1ccc(-c2noc(CSc3nnc4n(CCC(C)C)c(=O)c5ccccc5n34)n2)cc1. The van der Waals surface area contributed by atoms with Crippen LogP contribution in [-0.4, -0.2) is 29.3 Å². The van der Waals surface area contributed by atoms with Crippen LogP contribution in [0.5, 0.6) is 0 Å². The number of aromatic nitrogens is 6. The third-order valence-electron chi connectivity index (χ3n) is 5.51. The zero-order valence-corrected chi connectivity index (χ0v) is 19.5. The van der Waals surface area contributed by atoms with E-state index in [1.807, 2.05) is 59.9 Å². The van der Waals surface area contributed by atoms with Gasteiger partial charge in [-0.2, -0.15) is 4.98 Å². The van der Waals surface area contributed by atoms with Crippen LogP contribution in [0.15, 0.2) is 63.0 Å². The summed E-state index contributed by atoms with van der Waals surface area (Å²) in [5.74, 6) is 2.53. The van der Waals surface area contributed by atoms with E-state index < -0.39 is 0 Å². The molecule has 33 heavy (non-hydrogen) atoms. The van der Waals surface area contributed by atoms with E-state index >= 15 is 0 Å². The maximum absolute atomic E-state index is 13.1. The molecule has 0 spiro atoms. The van der Waals surface area contributed by atoms with Crippen molar-refractivity contribution < 1.29 is 4.52 Å². The molecule has 0 radical (unpaired) electrons. The van der Waals surface area contributed by atoms with Crippen LogP contribution in [0.25, 0.3) is 28.1 Å². The van der Waals surface area contributed by atoms with Crippen LogP contribution in [0.4, 0.5) is 0 Å². The number of aryl methyl sites for hydroxylation is 2. The van der Waals surface area contributed by atoms with Crippen LogP contribution in [0.3, 0.4) is 0 Å². The third kappa shape index (κ3) is 4.16. The van der Waals surface area contributed by atoms with Gasteiger partial charge in [-0.1, -0.05) is 72.7 Å². The molecule has 0 aliphatic heterocycles. The molecule has 0 bridgehead atoms. The Kier molecular flexibility index (Phi) is 5.72. The van der Waals surface area contributed by atoms with Gasteiger partial charge in [0, 0.05) is 12.1 Å². The molecule has 0 saturated carbocycles. The fraction of sp³-hybridized carbons (Fsp3) is 0.292. The van der Waals surface area contributed by atoms with E-state index in [2.05, 4.69) is 34.2 Å². The lowest BCUT2D eigenvalue weighted by Crippen LogP contribution is -2.24. The third-order valence-corrected chi connectivity index (χ3v) is 6.42. The first-order valence-corrected chi connectivity index (χ1v) is 11.9. The van der Waals surface area contributed by atoms with Crippen molar-refractivity contribution in [3.8, 4) is 11.4 Å². The first-order valence-electron chi connectivity index (χ1n) is 10.9. The van der Waals surface area contributed by atoms with E-state index in [1.54, 1.807) is 4.57 Å². The minimum atomic E-state index is -0.0395. The van der Waals surface area contributed by atoms with Crippen molar-refractivity contribution in [1.82, 2.24) is 29.3 Å². The second-order valence-electron chi connectivity index (χ2n) is 8.44. The highest BCUT2D eigenvalue weighted by molar-refractivity contribution is 7.98. The van der Waals surface area contributed by atoms with Crippen molar-refractivity contribution in [2.24, 2.45) is 5.92 Å². The van der Waals surface area contributed by atoms with Gasteiger partial charge < -0.3 is 4.52 Å². The van der Waals surface area contributed by atoms with Gasteiger partial charge in [-0.3, -0.25) is 13.8 Å². The first kappa shape index (κ1) is 21.4. The monoisotopic (exact) mass is 460 g/mol. The van der Waals surface area contributed by atoms with Crippen LogP contribution in [0, 0.1) is 12.8 Å². The quantitative estimate of drug-likeness (QED) is 0.324. The summed E-state index contributed by atoms with van der Waals surface area (Å²) in [6.07, 6.45) is 0.882. The van der Waals surface area contributed by atoms with E-state index in [0.29, 0.717) is 46.3 Å². The van der Waals surface area contributed by atoms with Crippen LogP contribution >= 0.6 is 11.8 Å². The molecule has 0 aliphatic carbocycles. The summed E-state index contributed by atoms with van der Waals surface area (Å²) in [7, 11) is 0. The topological polar surface area (TPSA) is 91.1 Å². The Morgan fingerprint density at radius 2 is 1.85 bits per heavy atom. The summed E-state index contributed by atoms with van der Waals surface area (Å²) in [5.41, 5.74) is 2.84. The van der Waals surface area contributed by atoms with Crippen molar-refractivity contribution in [2.75, 3.05) is 0 Å². The average molecular weight is 461 g/mol. The van der Waals surface area contributed by atoms with Crippen LogP contribution in [0.2, 0.25) is 0 Å². The number of hydrogen-bond acceptors (Lipinski definition) is 7. The summed E-state index contributed by atoms with van der Waals surface area (Å²) in [6.45, 7) is 6.92. The second-order valence-corrected chi connectivity index (χ2v) is 9.38. The van der Waals surface area contributed by atoms with Crippen LogP contribution in [0.1, 0.15) is 31.7 Å². The van der Waals surface area contributed by atoms with Crippen molar-refractivity contribution in [3.05, 3.63) is 70.3 Å². The minimum absolute atomic E-state index is 0.0395. The van der Waals surface area contributed by atoms with Crippen molar-refractivity contribution in [1.29, 1.82) is 0 Å². The molecule has 2 aromatic carbocycles. The Morgan fingerprint density at radius 3 is 2.64 bits per heavy atom. The normalized spacial score (nSPS) is 11.8. The van der Waals surface area contributed by atoms with Gasteiger partial charge in [0.25, 0.3) is 5.56 Å². The smallest absolute Gasteiger partial charge is 0.262 e. The number of thioether (sulfide) groups is 1. The molecule has 5 aromatic rings. The molecule has 0 amide bonds. The number of nitrogens with zero attached hydrogens (tertiary/aromatic N) is 6. The maximum Gasteiger partial charge on any atom is 0.262 e. The molecule has 3 heterocycles. The van der Waals surface area contributed by atoms with Crippen molar-refractivity contribution in [2.45, 2.75) is 44.6 Å². The Balaban J connectivity index is 1.48. The number of fused-ring (bicyclic) bond motifs is 3. The molecule has 0 atom stereocenters. The highest BCUT2D eigenvalue weighted by atomic mass is 32.2. The summed E-state index contributed by atoms with van der Waals surface area (Å²) in [5, 5.41) is 14.2. The summed E-state index contributed by atoms with van der Waals surface area (Å²) in [4.78, 5) is 17.7. The first-order chi connectivity index (χ1) is 16.0.